The van der Waals surface area contributed by atoms with Gasteiger partial charge in [-0.15, -0.1) is 10.2 Å². The lowest BCUT2D eigenvalue weighted by atomic mass is 9.93. The maximum absolute atomic E-state index is 12.0. The van der Waals surface area contributed by atoms with Crippen LogP contribution in [0.4, 0.5) is 11.6 Å². The second-order valence-electron chi connectivity index (χ2n) is 15.0. The van der Waals surface area contributed by atoms with E-state index in [1.54, 1.807) is 0 Å². The van der Waals surface area contributed by atoms with Crippen LogP contribution < -0.4 is 10.6 Å². The molecule has 4 fully saturated rings. The summed E-state index contributed by atoms with van der Waals surface area (Å²) in [5.41, 5.74) is -0.504. The molecular weight excluding hydrogens is 921 g/mol. The van der Waals surface area contributed by atoms with E-state index in [9.17, 15) is 38.0 Å². The normalized spacial score (nSPS) is 27.7. The van der Waals surface area contributed by atoms with Crippen molar-refractivity contribution in [3.63, 3.8) is 0 Å². The van der Waals surface area contributed by atoms with Gasteiger partial charge in [-0.25, -0.2) is 8.42 Å². The molecule has 0 amide bonds. The Kier molecular flexibility index (Phi) is 13.8. The molecule has 61 heavy (non-hydrogen) atoms. The van der Waals surface area contributed by atoms with Gasteiger partial charge < -0.3 is 64.8 Å². The highest BCUT2D eigenvalue weighted by Crippen LogP contribution is 2.39. The second-order valence-corrected chi connectivity index (χ2v) is 21.4. The Bertz CT molecular complexity index is 2420. The van der Waals surface area contributed by atoms with E-state index in [-0.39, 0.29) is 46.1 Å². The molecule has 4 aliphatic rings. The first-order chi connectivity index (χ1) is 28.7. The fraction of sp³-hybridized carbons (Fsp3) is 0.724. The SMILES string of the molecule is O=P(O)(O)COC[C@H]1O[C@@H](n2nnc3c(NC4CCCC4)nc(Cl)nc32)[C@H](O)[C@@H]1O.O=P(O)(O)CS(=O)(=O)C[C@H]1O[C@@H](n2nnc3c(NC4CCC4)nc(Cl)nc32)[C@H](O)[C@@H]1O. The Morgan fingerprint density at radius 1 is 0.689 bits per heavy atom. The number of hydrogen-bond donors (Lipinski definition) is 10. The summed E-state index contributed by atoms with van der Waals surface area (Å²) in [4.78, 5) is 52.1. The molecule has 0 radical (unpaired) electrons. The van der Waals surface area contributed by atoms with Crippen molar-refractivity contribution in [2.24, 2.45) is 0 Å². The van der Waals surface area contributed by atoms with Gasteiger partial charge >= 0.3 is 15.2 Å². The average molecular weight is 964 g/mol. The lowest BCUT2D eigenvalue weighted by Gasteiger charge is -2.26. The van der Waals surface area contributed by atoms with Crippen LogP contribution in [0.2, 0.25) is 10.6 Å². The van der Waals surface area contributed by atoms with Gasteiger partial charge in [0.1, 0.15) is 43.0 Å². The fourth-order valence-corrected chi connectivity index (χ4v) is 11.1. The molecule has 4 aromatic rings. The summed E-state index contributed by atoms with van der Waals surface area (Å²) in [6.45, 7) is -0.337. The van der Waals surface area contributed by atoms with E-state index in [1.807, 2.05) is 0 Å². The maximum Gasteiger partial charge on any atom is 0.350 e. The quantitative estimate of drug-likeness (QED) is 0.0535. The minimum atomic E-state index is -4.85. The van der Waals surface area contributed by atoms with Crippen LogP contribution in [0.25, 0.3) is 22.3 Å². The molecule has 2 saturated heterocycles. The van der Waals surface area contributed by atoms with E-state index in [0.29, 0.717) is 17.2 Å². The summed E-state index contributed by atoms with van der Waals surface area (Å²) in [7, 11) is -13.5. The number of sulfone groups is 1. The Balaban J connectivity index is 0.000000184. The molecule has 0 spiro atoms. The molecule has 2 aliphatic heterocycles. The number of rotatable bonds is 14. The van der Waals surface area contributed by atoms with Crippen molar-refractivity contribution in [3.05, 3.63) is 10.6 Å². The van der Waals surface area contributed by atoms with E-state index in [0.717, 1.165) is 49.6 Å². The van der Waals surface area contributed by atoms with Crippen LogP contribution >= 0.6 is 38.4 Å². The molecule has 2 aliphatic carbocycles. The largest absolute Gasteiger partial charge is 0.387 e. The molecule has 6 heterocycles. The lowest BCUT2D eigenvalue weighted by Crippen LogP contribution is -2.36. The molecule has 2 saturated carbocycles. The van der Waals surface area contributed by atoms with Crippen molar-refractivity contribution in [3.8, 4) is 0 Å². The van der Waals surface area contributed by atoms with Crippen LogP contribution in [0, 0.1) is 0 Å². The molecule has 8 atom stereocenters. The monoisotopic (exact) mass is 962 g/mol. The van der Waals surface area contributed by atoms with Gasteiger partial charge in [-0.2, -0.15) is 29.3 Å². The first-order valence-corrected chi connectivity index (χ1v) is 24.8. The third-order valence-corrected chi connectivity index (χ3v) is 14.8. The zero-order valence-electron chi connectivity index (χ0n) is 31.5. The molecular formula is C29H42Cl2N12O15P2S. The predicted molar refractivity (Wildman–Crippen MR) is 209 cm³/mol. The van der Waals surface area contributed by atoms with Gasteiger partial charge in [0.05, 0.1) is 12.4 Å². The van der Waals surface area contributed by atoms with E-state index in [1.165, 1.54) is 4.68 Å². The Hall–Kier alpha value is -2.89. The van der Waals surface area contributed by atoms with Gasteiger partial charge in [0.15, 0.2) is 61.8 Å². The smallest absolute Gasteiger partial charge is 0.350 e. The van der Waals surface area contributed by atoms with Crippen LogP contribution in [0.3, 0.4) is 0 Å². The highest BCUT2D eigenvalue weighted by Gasteiger charge is 2.48. The number of fused-ring (bicyclic) bond motifs is 2. The number of hydrogen-bond acceptors (Lipinski definition) is 21. The Labute approximate surface area is 354 Å². The number of nitrogens with zero attached hydrogens (tertiary/aromatic N) is 10. The Morgan fingerprint density at radius 2 is 1.15 bits per heavy atom. The number of ether oxygens (including phenoxy) is 3. The summed E-state index contributed by atoms with van der Waals surface area (Å²) in [6, 6.07) is 0.452. The number of anilines is 2. The number of aliphatic hydroxyl groups excluding tert-OH is 4. The van der Waals surface area contributed by atoms with Crippen LogP contribution in [-0.4, -0.2) is 171 Å². The van der Waals surface area contributed by atoms with Crippen LogP contribution in [0.1, 0.15) is 57.4 Å². The first kappa shape index (κ1) is 46.1. The number of halogens is 2. The summed E-state index contributed by atoms with van der Waals surface area (Å²) in [5, 5.41) is 63.7. The van der Waals surface area contributed by atoms with Gasteiger partial charge in [-0.1, -0.05) is 23.3 Å². The van der Waals surface area contributed by atoms with Crippen molar-refractivity contribution in [2.75, 3.05) is 34.8 Å². The molecule has 27 nitrogen and oxygen atoms in total. The molecule has 32 heteroatoms. The van der Waals surface area contributed by atoms with E-state index < -0.39 is 91.7 Å². The van der Waals surface area contributed by atoms with Gasteiger partial charge in [0.25, 0.3) is 0 Å². The summed E-state index contributed by atoms with van der Waals surface area (Å²) in [6.07, 6.45) is -4.65. The molecule has 4 aromatic heterocycles. The zero-order chi connectivity index (χ0) is 44.0. The zero-order valence-corrected chi connectivity index (χ0v) is 35.6. The number of aromatic nitrogens is 10. The maximum atomic E-state index is 12.0. The molecule has 0 bridgehead atoms. The molecule has 10 N–H and O–H groups in total. The van der Waals surface area contributed by atoms with E-state index >= 15 is 0 Å². The number of nitrogens with one attached hydrogen (secondary N) is 2. The van der Waals surface area contributed by atoms with Gasteiger partial charge in [-0.05, 0) is 55.3 Å². The third-order valence-electron chi connectivity index (χ3n) is 10.2. The van der Waals surface area contributed by atoms with Crippen molar-refractivity contribution >= 4 is 82.2 Å². The summed E-state index contributed by atoms with van der Waals surface area (Å²) < 4.78 is 64.3. The topological polar surface area (TPSA) is 395 Å². The predicted octanol–water partition coefficient (Wildman–Crippen LogP) is -0.991. The van der Waals surface area contributed by atoms with E-state index in [4.69, 9.17) is 57.0 Å². The summed E-state index contributed by atoms with van der Waals surface area (Å²) >= 11 is 12.1. The fourth-order valence-electron chi connectivity index (χ4n) is 7.15. The minimum Gasteiger partial charge on any atom is -0.387 e. The molecule has 0 aromatic carbocycles. The minimum absolute atomic E-state index is 0.0406. The highest BCUT2D eigenvalue weighted by molar-refractivity contribution is 7.97. The standard InChI is InChI=1S/C15H22ClN6O7P.C14H20ClN6O8PS/c16-15-18-12(17-7-3-1-2-4-7)9-13(19-15)22(21-20-9)14-11(24)10(23)8(29-14)5-28-6-30(25,26)27;15-14-17-11(16-6-2-1-3-6)8-12(18-14)21(20-19-8)13-10(23)9(22)7(29-13)4-31(27,28)5-30(24,25)26/h7-8,10-11,14,23-24H,1-6H2,(H,17,18,19)(H2,25,26,27);6-7,9-10,13,22-23H,1-5H2,(H,16,17,18)(H2,24,25,26)/t8-,10-,11-,14-;7-,9-,10-,13-/m11/s1. The van der Waals surface area contributed by atoms with Crippen molar-refractivity contribution in [2.45, 2.75) is 106 Å². The van der Waals surface area contributed by atoms with Crippen molar-refractivity contribution < 1.29 is 71.8 Å². The average Bonchev–Trinajstić information content (AvgIpc) is 3.97. The Morgan fingerprint density at radius 3 is 1.59 bits per heavy atom. The van der Waals surface area contributed by atoms with Crippen LogP contribution in [0.5, 0.6) is 0 Å². The van der Waals surface area contributed by atoms with Crippen LogP contribution in [0.15, 0.2) is 0 Å². The molecule has 338 valence electrons. The summed E-state index contributed by atoms with van der Waals surface area (Å²) in [5.74, 6) is -0.138. The lowest BCUT2D eigenvalue weighted by molar-refractivity contribution is -0.0665. The highest BCUT2D eigenvalue weighted by atomic mass is 35.5. The van der Waals surface area contributed by atoms with Gasteiger partial charge in [0, 0.05) is 12.1 Å². The van der Waals surface area contributed by atoms with Crippen molar-refractivity contribution in [1.82, 2.24) is 49.9 Å². The third kappa shape index (κ3) is 10.9. The second kappa shape index (κ2) is 18.3. The first-order valence-electron chi connectivity index (χ1n) is 18.7. The van der Waals surface area contributed by atoms with E-state index in [2.05, 4.69) is 51.2 Å². The number of aliphatic hydroxyl groups is 4. The van der Waals surface area contributed by atoms with Gasteiger partial charge in [-0.3, -0.25) is 9.13 Å². The van der Waals surface area contributed by atoms with Gasteiger partial charge in [0.2, 0.25) is 10.6 Å². The van der Waals surface area contributed by atoms with Crippen molar-refractivity contribution in [1.29, 1.82) is 0 Å². The molecule has 0 unspecified atom stereocenters. The molecule has 8 rings (SSSR count). The van der Waals surface area contributed by atoms with Crippen LogP contribution in [-0.2, 0) is 33.2 Å².